The van der Waals surface area contributed by atoms with Gasteiger partial charge in [-0.1, -0.05) is 36.4 Å². The van der Waals surface area contributed by atoms with Gasteiger partial charge in [0.2, 0.25) is 0 Å². The molecule has 0 spiro atoms. The highest BCUT2D eigenvalue weighted by molar-refractivity contribution is 5.88. The molecule has 2 aromatic rings. The summed E-state index contributed by atoms with van der Waals surface area (Å²) in [7, 11) is 0. The summed E-state index contributed by atoms with van der Waals surface area (Å²) in [6, 6.07) is 14.3. The van der Waals surface area contributed by atoms with Crippen LogP contribution in [0.15, 0.2) is 47.5 Å². The smallest absolute Gasteiger partial charge is 0.191 e. The van der Waals surface area contributed by atoms with E-state index in [1.807, 2.05) is 29.2 Å². The van der Waals surface area contributed by atoms with Crippen molar-refractivity contribution in [3.8, 4) is 5.75 Å². The Morgan fingerprint density at radius 2 is 1.81 bits per heavy atom. The van der Waals surface area contributed by atoms with Gasteiger partial charge in [0.15, 0.2) is 5.96 Å². The van der Waals surface area contributed by atoms with Gasteiger partial charge in [-0.25, -0.2) is 4.99 Å². The molecule has 4 heteroatoms. The second-order valence-electron chi connectivity index (χ2n) is 4.74. The first kappa shape index (κ1) is 15.2. The molecule has 0 amide bonds. The van der Waals surface area contributed by atoms with Crippen molar-refractivity contribution < 1.29 is 4.74 Å². The molecule has 0 saturated heterocycles. The second-order valence-corrected chi connectivity index (χ2v) is 4.74. The van der Waals surface area contributed by atoms with Gasteiger partial charge in [-0.15, -0.1) is 0 Å². The van der Waals surface area contributed by atoms with Gasteiger partial charge in [-0.3, -0.25) is 0 Å². The average Bonchev–Trinajstić information content (AvgIpc) is 2.53. The minimum absolute atomic E-state index is 0.524. The molecule has 2 N–H and O–H groups in total. The van der Waals surface area contributed by atoms with E-state index in [0.717, 1.165) is 24.2 Å². The third kappa shape index (κ3) is 3.88. The first-order valence-corrected chi connectivity index (χ1v) is 7.41. The molecule has 0 fully saturated rings. The standard InChI is InChI=1S/C17H23N3O/c1-3-20(4-2)17(18)19-12-13-21-16-11-7-9-14-8-5-6-10-15(14)16/h5-11H,3-4,12-13H2,1-2H3,(H2,18,19). The van der Waals surface area contributed by atoms with Crippen LogP contribution in [0.1, 0.15) is 13.8 Å². The molecular weight excluding hydrogens is 262 g/mol. The van der Waals surface area contributed by atoms with E-state index in [2.05, 4.69) is 37.0 Å². The number of guanidine groups is 1. The second kappa shape index (κ2) is 7.53. The molecular formula is C17H23N3O. The highest BCUT2D eigenvalue weighted by atomic mass is 16.5. The van der Waals surface area contributed by atoms with Crippen molar-refractivity contribution in [2.24, 2.45) is 10.7 Å². The Morgan fingerprint density at radius 3 is 2.57 bits per heavy atom. The predicted octanol–water partition coefficient (Wildman–Crippen LogP) is 2.88. The molecule has 0 heterocycles. The van der Waals surface area contributed by atoms with E-state index < -0.39 is 0 Å². The Balaban J connectivity index is 1.95. The molecule has 0 aliphatic rings. The van der Waals surface area contributed by atoms with Gasteiger partial charge in [-0.05, 0) is 25.3 Å². The lowest BCUT2D eigenvalue weighted by molar-refractivity contribution is 0.331. The van der Waals surface area contributed by atoms with Crippen LogP contribution in [0.25, 0.3) is 10.8 Å². The summed E-state index contributed by atoms with van der Waals surface area (Å²) in [4.78, 5) is 6.38. The Hall–Kier alpha value is -2.23. The number of nitrogens with zero attached hydrogens (tertiary/aromatic N) is 2. The molecule has 2 rings (SSSR count). The SMILES string of the molecule is CCN(CC)C(N)=NCCOc1cccc2ccccc12. The van der Waals surface area contributed by atoms with Crippen molar-refractivity contribution in [1.29, 1.82) is 0 Å². The molecule has 0 bridgehead atoms. The van der Waals surface area contributed by atoms with Gasteiger partial charge in [0.1, 0.15) is 12.4 Å². The molecule has 112 valence electrons. The summed E-state index contributed by atoms with van der Waals surface area (Å²) >= 11 is 0. The van der Waals surface area contributed by atoms with Crippen LogP contribution in [0.5, 0.6) is 5.75 Å². The number of benzene rings is 2. The van der Waals surface area contributed by atoms with Gasteiger partial charge in [0.25, 0.3) is 0 Å². The van der Waals surface area contributed by atoms with Crippen LogP contribution in [0.2, 0.25) is 0 Å². The summed E-state index contributed by atoms with van der Waals surface area (Å²) < 4.78 is 5.84. The fourth-order valence-electron chi connectivity index (χ4n) is 2.28. The Kier molecular flexibility index (Phi) is 5.43. The van der Waals surface area contributed by atoms with Crippen LogP contribution < -0.4 is 10.5 Å². The molecule has 0 unspecified atom stereocenters. The molecule has 0 saturated carbocycles. The highest BCUT2D eigenvalue weighted by Crippen LogP contribution is 2.24. The predicted molar refractivity (Wildman–Crippen MR) is 88.9 cm³/mol. The van der Waals surface area contributed by atoms with E-state index in [1.54, 1.807) is 0 Å². The topological polar surface area (TPSA) is 50.8 Å². The molecule has 0 aromatic heterocycles. The van der Waals surface area contributed by atoms with Crippen molar-refractivity contribution in [3.63, 3.8) is 0 Å². The highest BCUT2D eigenvalue weighted by Gasteiger charge is 2.02. The van der Waals surface area contributed by atoms with Crippen LogP contribution in [-0.4, -0.2) is 37.1 Å². The van der Waals surface area contributed by atoms with E-state index in [1.165, 1.54) is 5.39 Å². The van der Waals surface area contributed by atoms with Gasteiger partial charge < -0.3 is 15.4 Å². The number of nitrogens with two attached hydrogens (primary N) is 1. The third-order valence-corrected chi connectivity index (χ3v) is 3.46. The zero-order valence-corrected chi connectivity index (χ0v) is 12.7. The third-order valence-electron chi connectivity index (χ3n) is 3.46. The summed E-state index contributed by atoms with van der Waals surface area (Å²) in [5.41, 5.74) is 5.93. The van der Waals surface area contributed by atoms with Crippen LogP contribution in [0, 0.1) is 0 Å². The largest absolute Gasteiger partial charge is 0.491 e. The molecule has 0 radical (unpaired) electrons. The number of fused-ring (bicyclic) bond motifs is 1. The quantitative estimate of drug-likeness (QED) is 0.504. The molecule has 0 aliphatic heterocycles. The molecule has 4 nitrogen and oxygen atoms in total. The minimum Gasteiger partial charge on any atom is -0.491 e. The zero-order chi connectivity index (χ0) is 15.1. The van der Waals surface area contributed by atoms with Crippen LogP contribution in [0.3, 0.4) is 0 Å². The monoisotopic (exact) mass is 285 g/mol. The van der Waals surface area contributed by atoms with E-state index in [-0.39, 0.29) is 0 Å². The van der Waals surface area contributed by atoms with E-state index in [4.69, 9.17) is 10.5 Å². The molecule has 2 aromatic carbocycles. The Morgan fingerprint density at radius 1 is 1.10 bits per heavy atom. The van der Waals surface area contributed by atoms with Gasteiger partial charge in [0.05, 0.1) is 6.54 Å². The lowest BCUT2D eigenvalue weighted by Gasteiger charge is -2.19. The van der Waals surface area contributed by atoms with Crippen LogP contribution in [0.4, 0.5) is 0 Å². The maximum Gasteiger partial charge on any atom is 0.191 e. The number of hydrogen-bond acceptors (Lipinski definition) is 2. The lowest BCUT2D eigenvalue weighted by Crippen LogP contribution is -2.37. The minimum atomic E-state index is 0.524. The summed E-state index contributed by atoms with van der Waals surface area (Å²) in [6.45, 7) is 6.96. The van der Waals surface area contributed by atoms with Crippen molar-refractivity contribution in [3.05, 3.63) is 42.5 Å². The van der Waals surface area contributed by atoms with Gasteiger partial charge in [0, 0.05) is 18.5 Å². The Bertz CT molecular complexity index is 601. The molecule has 0 aliphatic carbocycles. The summed E-state index contributed by atoms with van der Waals surface area (Å²) in [6.07, 6.45) is 0. The van der Waals surface area contributed by atoms with Crippen molar-refractivity contribution >= 4 is 16.7 Å². The van der Waals surface area contributed by atoms with Gasteiger partial charge >= 0.3 is 0 Å². The zero-order valence-electron chi connectivity index (χ0n) is 12.7. The van der Waals surface area contributed by atoms with E-state index >= 15 is 0 Å². The fourth-order valence-corrected chi connectivity index (χ4v) is 2.28. The normalized spacial score (nSPS) is 11.6. The average molecular weight is 285 g/mol. The first-order valence-electron chi connectivity index (χ1n) is 7.41. The maximum absolute atomic E-state index is 5.93. The van der Waals surface area contributed by atoms with Crippen molar-refractivity contribution in [1.82, 2.24) is 4.90 Å². The number of aliphatic imine (C=N–C) groups is 1. The maximum atomic E-state index is 5.93. The lowest BCUT2D eigenvalue weighted by atomic mass is 10.1. The number of ether oxygens (including phenoxy) is 1. The van der Waals surface area contributed by atoms with Crippen molar-refractivity contribution in [2.45, 2.75) is 13.8 Å². The van der Waals surface area contributed by atoms with Gasteiger partial charge in [-0.2, -0.15) is 0 Å². The molecule has 0 atom stereocenters. The van der Waals surface area contributed by atoms with E-state index in [0.29, 0.717) is 19.1 Å². The van der Waals surface area contributed by atoms with Crippen molar-refractivity contribution in [2.75, 3.05) is 26.2 Å². The number of rotatable bonds is 6. The van der Waals surface area contributed by atoms with Crippen LogP contribution in [-0.2, 0) is 0 Å². The fraction of sp³-hybridized carbons (Fsp3) is 0.353. The summed E-state index contributed by atoms with van der Waals surface area (Å²) in [5.74, 6) is 1.48. The van der Waals surface area contributed by atoms with E-state index in [9.17, 15) is 0 Å². The number of hydrogen-bond donors (Lipinski definition) is 1. The summed E-state index contributed by atoms with van der Waals surface area (Å²) in [5, 5.41) is 2.31. The van der Waals surface area contributed by atoms with Crippen LogP contribution >= 0.6 is 0 Å². The molecule has 21 heavy (non-hydrogen) atoms. The Labute approximate surface area is 126 Å². The first-order chi connectivity index (χ1) is 10.3.